The van der Waals surface area contributed by atoms with Crippen molar-refractivity contribution < 1.29 is 13.9 Å². The van der Waals surface area contributed by atoms with Crippen LogP contribution in [0.2, 0.25) is 0 Å². The summed E-state index contributed by atoms with van der Waals surface area (Å²) in [6, 6.07) is 3.85. The van der Waals surface area contributed by atoms with Crippen molar-refractivity contribution in [1.82, 2.24) is 16.0 Å². The van der Waals surface area contributed by atoms with Crippen LogP contribution in [0.25, 0.3) is 0 Å². The van der Waals surface area contributed by atoms with Crippen LogP contribution in [0.3, 0.4) is 0 Å². The van der Waals surface area contributed by atoms with Gasteiger partial charge in [0, 0.05) is 32.7 Å². The third-order valence-corrected chi connectivity index (χ3v) is 4.60. The van der Waals surface area contributed by atoms with E-state index in [4.69, 9.17) is 9.15 Å². The highest BCUT2D eigenvalue weighted by Gasteiger charge is 2.27. The molecular formula is C20H34N4O3. The molecule has 3 N–H and O–H groups in total. The molecule has 0 aromatic carbocycles. The molecule has 1 aromatic rings. The summed E-state index contributed by atoms with van der Waals surface area (Å²) in [5.41, 5.74) is -0.563. The number of ether oxygens (including phenoxy) is 1. The zero-order valence-electron chi connectivity index (χ0n) is 16.8. The normalized spacial score (nSPS) is 18.2. The summed E-state index contributed by atoms with van der Waals surface area (Å²) in [6.45, 7) is 9.01. The molecule has 2 rings (SSSR count). The average Bonchev–Trinajstić information content (AvgIpc) is 3.18. The molecule has 1 fully saturated rings. The molecular weight excluding hydrogens is 344 g/mol. The van der Waals surface area contributed by atoms with Gasteiger partial charge in [0.15, 0.2) is 5.96 Å². The number of nitrogens with zero attached hydrogens (tertiary/aromatic N) is 1. The molecule has 1 atom stereocenters. The van der Waals surface area contributed by atoms with E-state index in [2.05, 4.69) is 20.9 Å². The van der Waals surface area contributed by atoms with E-state index in [-0.39, 0.29) is 12.0 Å². The Hall–Kier alpha value is -2.02. The van der Waals surface area contributed by atoms with Crippen LogP contribution in [0, 0.1) is 5.41 Å². The lowest BCUT2D eigenvalue weighted by Crippen LogP contribution is -2.44. The average molecular weight is 379 g/mol. The monoisotopic (exact) mass is 378 g/mol. The topological polar surface area (TPSA) is 87.9 Å². The Morgan fingerprint density at radius 3 is 2.81 bits per heavy atom. The molecule has 0 spiro atoms. The second kappa shape index (κ2) is 11.0. The number of hydrogen-bond acceptors (Lipinski definition) is 4. The van der Waals surface area contributed by atoms with Gasteiger partial charge in [-0.1, -0.05) is 0 Å². The second-order valence-electron chi connectivity index (χ2n) is 7.53. The van der Waals surface area contributed by atoms with E-state index in [1.807, 2.05) is 32.9 Å². The predicted octanol–water partition coefficient (Wildman–Crippen LogP) is 2.09. The van der Waals surface area contributed by atoms with Crippen molar-refractivity contribution in [1.29, 1.82) is 0 Å². The Bertz CT molecular complexity index is 578. The maximum atomic E-state index is 12.2. The van der Waals surface area contributed by atoms with Gasteiger partial charge in [-0.15, -0.1) is 0 Å². The van der Waals surface area contributed by atoms with Crippen molar-refractivity contribution >= 4 is 11.9 Å². The van der Waals surface area contributed by atoms with Gasteiger partial charge in [-0.25, -0.2) is 0 Å². The lowest BCUT2D eigenvalue weighted by atomic mass is 9.92. The van der Waals surface area contributed by atoms with Gasteiger partial charge in [0.2, 0.25) is 5.91 Å². The maximum absolute atomic E-state index is 12.2. The highest BCUT2D eigenvalue weighted by atomic mass is 16.5. The van der Waals surface area contributed by atoms with E-state index in [1.165, 1.54) is 6.42 Å². The molecule has 1 aromatic heterocycles. The Kier molecular flexibility index (Phi) is 8.64. The van der Waals surface area contributed by atoms with Crippen LogP contribution in [0.1, 0.15) is 45.8 Å². The summed E-state index contributed by atoms with van der Waals surface area (Å²) < 4.78 is 11.2. The zero-order valence-corrected chi connectivity index (χ0v) is 16.8. The van der Waals surface area contributed by atoms with Crippen molar-refractivity contribution in [3.8, 4) is 0 Å². The van der Waals surface area contributed by atoms with Crippen molar-refractivity contribution in [3.05, 3.63) is 24.2 Å². The van der Waals surface area contributed by atoms with E-state index in [0.717, 1.165) is 31.6 Å². The van der Waals surface area contributed by atoms with Gasteiger partial charge in [0.25, 0.3) is 0 Å². The summed E-state index contributed by atoms with van der Waals surface area (Å²) in [4.78, 5) is 16.8. The minimum Gasteiger partial charge on any atom is -0.469 e. The number of amides is 1. The molecule has 0 saturated carbocycles. The summed E-state index contributed by atoms with van der Waals surface area (Å²) in [6.07, 6.45) is 6.07. The van der Waals surface area contributed by atoms with Gasteiger partial charge in [-0.3, -0.25) is 9.79 Å². The van der Waals surface area contributed by atoms with E-state index >= 15 is 0 Å². The van der Waals surface area contributed by atoms with Crippen LogP contribution in [0.5, 0.6) is 0 Å². The van der Waals surface area contributed by atoms with E-state index in [1.54, 1.807) is 6.26 Å². The summed E-state index contributed by atoms with van der Waals surface area (Å²) in [5.74, 6) is 1.65. The quantitative estimate of drug-likeness (QED) is 0.452. The molecule has 0 radical (unpaired) electrons. The molecule has 1 aliphatic rings. The molecule has 0 aliphatic carbocycles. The summed E-state index contributed by atoms with van der Waals surface area (Å²) in [7, 11) is 0. The largest absolute Gasteiger partial charge is 0.469 e. The molecule has 27 heavy (non-hydrogen) atoms. The lowest BCUT2D eigenvalue weighted by molar-refractivity contribution is -0.128. The fraction of sp³-hybridized carbons (Fsp3) is 0.700. The maximum Gasteiger partial charge on any atom is 0.227 e. The van der Waals surface area contributed by atoms with Gasteiger partial charge in [0.1, 0.15) is 5.76 Å². The van der Waals surface area contributed by atoms with E-state index in [0.29, 0.717) is 32.1 Å². The standard InChI is InChI=1S/C20H34N4O3/c1-4-21-18(25)20(2,3)15-24-19(22-11-10-16-9-7-13-26-16)23-14-17-8-5-6-12-27-17/h7,9,13,17H,4-6,8,10-12,14-15H2,1-3H3,(H,21,25)(H2,22,23,24). The zero-order chi connectivity index (χ0) is 19.5. The summed E-state index contributed by atoms with van der Waals surface area (Å²) >= 11 is 0. The fourth-order valence-electron chi connectivity index (χ4n) is 2.86. The lowest BCUT2D eigenvalue weighted by Gasteiger charge is -2.25. The van der Waals surface area contributed by atoms with Gasteiger partial charge in [-0.05, 0) is 52.2 Å². The molecule has 2 heterocycles. The number of furan rings is 1. The molecule has 1 unspecified atom stereocenters. The van der Waals surface area contributed by atoms with Gasteiger partial charge in [0.05, 0.1) is 24.3 Å². The van der Waals surface area contributed by atoms with Crippen LogP contribution in [-0.2, 0) is 16.0 Å². The molecule has 0 bridgehead atoms. The first-order valence-corrected chi connectivity index (χ1v) is 9.95. The van der Waals surface area contributed by atoms with Crippen LogP contribution in [0.15, 0.2) is 27.8 Å². The number of carbonyl (C=O) groups is 1. The van der Waals surface area contributed by atoms with E-state index < -0.39 is 5.41 Å². The van der Waals surface area contributed by atoms with Crippen molar-refractivity contribution in [2.45, 2.75) is 52.6 Å². The highest BCUT2D eigenvalue weighted by Crippen LogP contribution is 2.15. The van der Waals surface area contributed by atoms with Gasteiger partial charge in [-0.2, -0.15) is 0 Å². The minimum atomic E-state index is -0.563. The number of guanidine groups is 1. The van der Waals surface area contributed by atoms with Gasteiger partial charge < -0.3 is 25.1 Å². The molecule has 7 nitrogen and oxygen atoms in total. The number of aliphatic imine (C=N–C) groups is 1. The smallest absolute Gasteiger partial charge is 0.227 e. The Labute approximate surface area is 162 Å². The number of hydrogen-bond donors (Lipinski definition) is 3. The Balaban J connectivity index is 1.90. The van der Waals surface area contributed by atoms with Crippen molar-refractivity contribution in [3.63, 3.8) is 0 Å². The summed E-state index contributed by atoms with van der Waals surface area (Å²) in [5, 5.41) is 9.57. The first kappa shape index (κ1) is 21.3. The molecule has 152 valence electrons. The van der Waals surface area contributed by atoms with Crippen LogP contribution in [0.4, 0.5) is 0 Å². The third kappa shape index (κ3) is 7.62. The number of carbonyl (C=O) groups excluding carboxylic acids is 1. The predicted molar refractivity (Wildman–Crippen MR) is 107 cm³/mol. The first-order valence-electron chi connectivity index (χ1n) is 9.95. The van der Waals surface area contributed by atoms with Crippen molar-refractivity contribution in [2.24, 2.45) is 10.4 Å². The SMILES string of the molecule is CCNC(=O)C(C)(C)CN=C(NCCc1ccco1)NCC1CCCCO1. The second-order valence-corrected chi connectivity index (χ2v) is 7.53. The van der Waals surface area contributed by atoms with Crippen LogP contribution < -0.4 is 16.0 Å². The molecule has 7 heteroatoms. The molecule has 1 saturated heterocycles. The Morgan fingerprint density at radius 2 is 2.15 bits per heavy atom. The Morgan fingerprint density at radius 1 is 1.30 bits per heavy atom. The molecule has 1 amide bonds. The minimum absolute atomic E-state index is 0.0132. The van der Waals surface area contributed by atoms with Crippen LogP contribution >= 0.6 is 0 Å². The fourth-order valence-corrected chi connectivity index (χ4v) is 2.86. The van der Waals surface area contributed by atoms with Gasteiger partial charge >= 0.3 is 0 Å². The number of rotatable bonds is 9. The molecule has 1 aliphatic heterocycles. The highest BCUT2D eigenvalue weighted by molar-refractivity contribution is 5.83. The van der Waals surface area contributed by atoms with Crippen molar-refractivity contribution in [2.75, 3.05) is 32.8 Å². The first-order chi connectivity index (χ1) is 13.0. The van der Waals surface area contributed by atoms with Crippen LogP contribution in [-0.4, -0.2) is 50.8 Å². The number of nitrogens with one attached hydrogen (secondary N) is 3. The van der Waals surface area contributed by atoms with E-state index in [9.17, 15) is 4.79 Å². The third-order valence-electron chi connectivity index (χ3n) is 4.60.